The highest BCUT2D eigenvalue weighted by Crippen LogP contribution is 2.58. The smallest absolute Gasteiger partial charge is 0.295 e. The van der Waals surface area contributed by atoms with Gasteiger partial charge in [-0.25, -0.2) is 14.5 Å². The molecule has 0 fully saturated rings. The van der Waals surface area contributed by atoms with Crippen LogP contribution in [0.3, 0.4) is 0 Å². The average Bonchev–Trinajstić information content (AvgIpc) is 3.65. The molecular formula is C47H50N5+. The maximum absolute atomic E-state index is 4.70. The first-order chi connectivity index (χ1) is 25.2. The number of imidazole rings is 1. The Hall–Kier alpha value is -5.03. The molecule has 0 amide bonds. The van der Waals surface area contributed by atoms with Gasteiger partial charge in [0.15, 0.2) is 5.69 Å². The molecule has 0 radical (unpaired) electrons. The van der Waals surface area contributed by atoms with E-state index in [0.29, 0.717) is 11.8 Å². The predicted molar refractivity (Wildman–Crippen MR) is 215 cm³/mol. The third-order valence-corrected chi connectivity index (χ3v) is 13.1. The average molecular weight is 685 g/mol. The molecule has 262 valence electrons. The lowest BCUT2D eigenvalue weighted by molar-refractivity contribution is -0.678. The molecule has 3 atom stereocenters. The van der Waals surface area contributed by atoms with Crippen LogP contribution in [0.5, 0.6) is 0 Å². The van der Waals surface area contributed by atoms with Crippen molar-refractivity contribution in [2.24, 2.45) is 11.8 Å². The van der Waals surface area contributed by atoms with E-state index in [-0.39, 0.29) is 17.4 Å². The van der Waals surface area contributed by atoms with Crippen LogP contribution in [0.15, 0.2) is 97.6 Å². The quantitative estimate of drug-likeness (QED) is 0.129. The van der Waals surface area contributed by atoms with Crippen molar-refractivity contribution in [2.45, 2.75) is 92.2 Å². The maximum Gasteiger partial charge on any atom is 0.295 e. The topological polar surface area (TPSA) is 37.3 Å². The number of pyridine rings is 1. The molecule has 0 spiro atoms. The Morgan fingerprint density at radius 2 is 1.60 bits per heavy atom. The maximum atomic E-state index is 4.70. The van der Waals surface area contributed by atoms with Gasteiger partial charge in [-0.2, -0.15) is 4.40 Å². The van der Waals surface area contributed by atoms with Gasteiger partial charge in [0.1, 0.15) is 18.0 Å². The monoisotopic (exact) mass is 684 g/mol. The fourth-order valence-electron chi connectivity index (χ4n) is 10.8. The van der Waals surface area contributed by atoms with Crippen LogP contribution in [0.1, 0.15) is 80.0 Å². The van der Waals surface area contributed by atoms with E-state index in [1.165, 1.54) is 72.1 Å². The number of nitrogens with zero attached hydrogens (tertiary/aromatic N) is 5. The first kappa shape index (κ1) is 32.8. The number of fused-ring (bicyclic) bond motifs is 4. The lowest BCUT2D eigenvalue weighted by atomic mass is 9.59. The van der Waals surface area contributed by atoms with Crippen molar-refractivity contribution < 1.29 is 4.57 Å². The normalized spacial score (nSPS) is 19.3. The molecule has 0 N–H and O–H groups in total. The summed E-state index contributed by atoms with van der Waals surface area (Å²) in [6.45, 7) is 19.6. The standard InChI is InChI=1S/C47H50N5/c1-9-47(10-2)36-19-14-18-33-35-23-29(5)21-22-39(35)52-41(42-30(6)15-13-16-31(42)7)26-50(46(52)44(33)36)25-37(47)43-34-17-11-12-20-38(34)51(45(43)28(3)4)40-24-48-27-49-32(40)8/h11-24,26-28,37,43,45H,9-10,25H2,1-8H3/q+1. The van der Waals surface area contributed by atoms with Crippen LogP contribution in [-0.4, -0.2) is 20.4 Å². The molecule has 4 aromatic carbocycles. The summed E-state index contributed by atoms with van der Waals surface area (Å²) in [4.78, 5) is 11.9. The van der Waals surface area contributed by atoms with Crippen LogP contribution in [0.4, 0.5) is 11.4 Å². The molecule has 0 aliphatic carbocycles. The summed E-state index contributed by atoms with van der Waals surface area (Å²) in [7, 11) is 0. The second-order valence-corrected chi connectivity index (χ2v) is 16.0. The Labute approximate surface area is 308 Å². The van der Waals surface area contributed by atoms with E-state index in [2.05, 4.69) is 159 Å². The van der Waals surface area contributed by atoms with Gasteiger partial charge in [-0.1, -0.05) is 93.9 Å². The zero-order valence-corrected chi connectivity index (χ0v) is 31.9. The van der Waals surface area contributed by atoms with Crippen LogP contribution in [0.25, 0.3) is 38.6 Å². The van der Waals surface area contributed by atoms with Crippen LogP contribution < -0.4 is 9.47 Å². The second kappa shape index (κ2) is 12.0. The van der Waals surface area contributed by atoms with Gasteiger partial charge in [0.2, 0.25) is 0 Å². The van der Waals surface area contributed by atoms with Crippen molar-refractivity contribution in [3.63, 3.8) is 0 Å². The lowest BCUT2D eigenvalue weighted by Gasteiger charge is -2.45. The molecule has 5 nitrogen and oxygen atoms in total. The molecule has 0 saturated heterocycles. The van der Waals surface area contributed by atoms with Crippen molar-refractivity contribution in [1.29, 1.82) is 0 Å². The molecule has 2 aliphatic heterocycles. The highest BCUT2D eigenvalue weighted by Gasteiger charge is 2.54. The van der Waals surface area contributed by atoms with E-state index < -0.39 is 0 Å². The fraction of sp³-hybridized carbons (Fsp3) is 0.340. The summed E-state index contributed by atoms with van der Waals surface area (Å²) in [5, 5.41) is 4.11. The van der Waals surface area contributed by atoms with Crippen molar-refractivity contribution in [3.05, 3.63) is 131 Å². The van der Waals surface area contributed by atoms with Crippen LogP contribution >= 0.6 is 0 Å². The van der Waals surface area contributed by atoms with Crippen molar-refractivity contribution in [3.8, 4) is 11.3 Å². The predicted octanol–water partition coefficient (Wildman–Crippen LogP) is 10.9. The number of hydrogen-bond acceptors (Lipinski definition) is 3. The Morgan fingerprint density at radius 1 is 0.846 bits per heavy atom. The van der Waals surface area contributed by atoms with Gasteiger partial charge < -0.3 is 4.90 Å². The lowest BCUT2D eigenvalue weighted by Crippen LogP contribution is -2.50. The molecule has 52 heavy (non-hydrogen) atoms. The van der Waals surface area contributed by atoms with Crippen LogP contribution in [0, 0.1) is 39.5 Å². The Balaban J connectivity index is 1.41. The van der Waals surface area contributed by atoms with E-state index in [9.17, 15) is 0 Å². The summed E-state index contributed by atoms with van der Waals surface area (Å²) in [6.07, 6.45) is 8.35. The Morgan fingerprint density at radius 3 is 2.33 bits per heavy atom. The molecule has 9 rings (SSSR count). The number of aromatic nitrogens is 4. The summed E-state index contributed by atoms with van der Waals surface area (Å²) in [5.41, 5.74) is 15.5. The molecule has 7 aromatic rings. The largest absolute Gasteiger partial charge is 0.334 e. The molecule has 2 aliphatic rings. The Bertz CT molecular complexity index is 2520. The van der Waals surface area contributed by atoms with Crippen LogP contribution in [-0.2, 0) is 12.0 Å². The Kier molecular flexibility index (Phi) is 7.59. The van der Waals surface area contributed by atoms with E-state index in [1.807, 2.05) is 6.20 Å². The third-order valence-electron chi connectivity index (χ3n) is 13.1. The number of rotatable bonds is 6. The van der Waals surface area contributed by atoms with E-state index in [4.69, 9.17) is 4.98 Å². The first-order valence-corrected chi connectivity index (χ1v) is 19.3. The van der Waals surface area contributed by atoms with Crippen molar-refractivity contribution in [1.82, 2.24) is 14.4 Å². The summed E-state index contributed by atoms with van der Waals surface area (Å²) in [5.74, 6) is 0.985. The number of hydrogen-bond donors (Lipinski definition) is 0. The van der Waals surface area contributed by atoms with Crippen LogP contribution in [0.2, 0.25) is 0 Å². The number of aryl methyl sites for hydroxylation is 4. The van der Waals surface area contributed by atoms with Crippen molar-refractivity contribution >= 4 is 38.7 Å². The third kappa shape index (κ3) is 4.44. The molecule has 0 bridgehead atoms. The number of benzene rings is 4. The summed E-state index contributed by atoms with van der Waals surface area (Å²) < 4.78 is 5.29. The highest BCUT2D eigenvalue weighted by atomic mass is 15.2. The molecule has 3 aromatic heterocycles. The van der Waals surface area contributed by atoms with Crippen molar-refractivity contribution in [2.75, 3.05) is 4.90 Å². The highest BCUT2D eigenvalue weighted by molar-refractivity contribution is 6.13. The van der Waals surface area contributed by atoms with Gasteiger partial charge >= 0.3 is 0 Å². The minimum Gasteiger partial charge on any atom is -0.334 e. The molecule has 0 saturated carbocycles. The second-order valence-electron chi connectivity index (χ2n) is 16.0. The molecule has 3 unspecified atom stereocenters. The van der Waals surface area contributed by atoms with E-state index >= 15 is 0 Å². The SMILES string of the molecule is CCC1(CC)c2cccc3c4cc(C)ccc4n4c(-c5c(C)cccc5C)c[n+](c4c23)CC1C1c2ccccc2N(c2cncnc2C)C1C(C)C. The minimum atomic E-state index is -0.0641. The van der Waals surface area contributed by atoms with Gasteiger partial charge in [-0.15, -0.1) is 0 Å². The first-order valence-electron chi connectivity index (χ1n) is 19.3. The van der Waals surface area contributed by atoms with Gasteiger partial charge in [0.05, 0.1) is 29.5 Å². The number of para-hydroxylation sites is 1. The minimum absolute atomic E-state index is 0.0641. The van der Waals surface area contributed by atoms with Gasteiger partial charge in [0.25, 0.3) is 5.65 Å². The summed E-state index contributed by atoms with van der Waals surface area (Å²) >= 11 is 0. The van der Waals surface area contributed by atoms with Gasteiger partial charge in [-0.05, 0) is 86.9 Å². The molecular weight excluding hydrogens is 635 g/mol. The fourth-order valence-corrected chi connectivity index (χ4v) is 10.8. The zero-order chi connectivity index (χ0) is 36.1. The van der Waals surface area contributed by atoms with E-state index in [1.54, 1.807) is 6.33 Å². The molecule has 5 heterocycles. The van der Waals surface area contributed by atoms with E-state index in [0.717, 1.165) is 30.8 Å². The zero-order valence-electron chi connectivity index (χ0n) is 31.9. The molecule has 5 heteroatoms. The van der Waals surface area contributed by atoms with Gasteiger partial charge in [0, 0.05) is 45.3 Å². The summed E-state index contributed by atoms with van der Waals surface area (Å²) in [6, 6.07) is 30.5. The van der Waals surface area contributed by atoms with Gasteiger partial charge in [-0.3, -0.25) is 0 Å². The number of anilines is 2.